The zero-order valence-corrected chi connectivity index (χ0v) is 18.7. The molecule has 176 valence electrons. The Morgan fingerprint density at radius 2 is 1.74 bits per heavy atom. The number of imidazole rings is 1. The van der Waals surface area contributed by atoms with Crippen molar-refractivity contribution in [2.45, 2.75) is 12.5 Å². The summed E-state index contributed by atoms with van der Waals surface area (Å²) in [7, 11) is 0. The summed E-state index contributed by atoms with van der Waals surface area (Å²) in [4.78, 5) is 38.8. The van der Waals surface area contributed by atoms with Gasteiger partial charge in [0.25, 0.3) is 5.69 Å². The first-order valence-electron chi connectivity index (χ1n) is 11.1. The standard InChI is InChI=1S/C26H22N4O5/c1-2-24(31)27-16-15-19(17-27)28-22-9-6-10-23(30(33)34)25(22)29(26(28)32)18-11-13-21(14-12-18)35-20-7-4-3-5-8-20/h2-14,19H,1,15-17H2. The number of para-hydroxylation sites is 2. The summed E-state index contributed by atoms with van der Waals surface area (Å²) < 4.78 is 8.76. The minimum atomic E-state index is -0.488. The van der Waals surface area contributed by atoms with Crippen LogP contribution >= 0.6 is 0 Å². The normalized spacial score (nSPS) is 15.3. The van der Waals surface area contributed by atoms with Gasteiger partial charge < -0.3 is 9.64 Å². The number of aromatic nitrogens is 2. The molecule has 0 aliphatic carbocycles. The first-order chi connectivity index (χ1) is 17.0. The largest absolute Gasteiger partial charge is 0.457 e. The summed E-state index contributed by atoms with van der Waals surface area (Å²) in [5, 5.41) is 11.9. The lowest BCUT2D eigenvalue weighted by Crippen LogP contribution is -2.31. The molecule has 9 nitrogen and oxygen atoms in total. The highest BCUT2D eigenvalue weighted by molar-refractivity contribution is 5.88. The van der Waals surface area contributed by atoms with Crippen LogP contribution in [0.4, 0.5) is 5.69 Å². The number of carbonyl (C=O) groups excluding carboxylic acids is 1. The predicted molar refractivity (Wildman–Crippen MR) is 131 cm³/mol. The van der Waals surface area contributed by atoms with Crippen LogP contribution < -0.4 is 10.4 Å². The van der Waals surface area contributed by atoms with Crippen LogP contribution in [0.2, 0.25) is 0 Å². The molecule has 1 aromatic heterocycles. The number of carbonyl (C=O) groups is 1. The highest BCUT2D eigenvalue weighted by Crippen LogP contribution is 2.32. The minimum Gasteiger partial charge on any atom is -0.457 e. The van der Waals surface area contributed by atoms with Gasteiger partial charge in [-0.3, -0.25) is 24.0 Å². The zero-order chi connectivity index (χ0) is 24.5. The van der Waals surface area contributed by atoms with Crippen molar-refractivity contribution in [1.82, 2.24) is 14.0 Å². The molecule has 0 bridgehead atoms. The minimum absolute atomic E-state index is 0.167. The summed E-state index contributed by atoms with van der Waals surface area (Å²) in [6.45, 7) is 4.34. The number of rotatable bonds is 6. The molecule has 0 radical (unpaired) electrons. The first kappa shape index (κ1) is 22.1. The number of hydrogen-bond acceptors (Lipinski definition) is 5. The van der Waals surface area contributed by atoms with Gasteiger partial charge in [0.05, 0.1) is 22.2 Å². The van der Waals surface area contributed by atoms with Gasteiger partial charge in [-0.15, -0.1) is 0 Å². The lowest BCUT2D eigenvalue weighted by molar-refractivity contribution is -0.383. The van der Waals surface area contributed by atoms with Crippen molar-refractivity contribution in [3.8, 4) is 17.2 Å². The van der Waals surface area contributed by atoms with Crippen LogP contribution in [0.5, 0.6) is 11.5 Å². The summed E-state index contributed by atoms with van der Waals surface area (Å²) in [5.41, 5.74) is 0.578. The summed E-state index contributed by atoms with van der Waals surface area (Å²) in [6, 6.07) is 20.5. The van der Waals surface area contributed by atoms with Gasteiger partial charge in [-0.2, -0.15) is 0 Å². The fourth-order valence-electron chi connectivity index (χ4n) is 4.56. The molecule has 9 heteroatoms. The number of nitro groups is 1. The average Bonchev–Trinajstić information content (AvgIpc) is 3.46. The Kier molecular flexibility index (Phi) is 5.66. The van der Waals surface area contributed by atoms with Gasteiger partial charge in [-0.25, -0.2) is 4.79 Å². The third kappa shape index (κ3) is 3.97. The number of non-ortho nitro benzene ring substituents is 1. The molecule has 0 spiro atoms. The van der Waals surface area contributed by atoms with Crippen molar-refractivity contribution in [3.63, 3.8) is 0 Å². The Balaban J connectivity index is 1.61. The van der Waals surface area contributed by atoms with E-state index in [1.807, 2.05) is 30.3 Å². The Bertz CT molecular complexity index is 1490. The van der Waals surface area contributed by atoms with Gasteiger partial charge in [0, 0.05) is 19.2 Å². The van der Waals surface area contributed by atoms with Crippen LogP contribution in [0.3, 0.4) is 0 Å². The van der Waals surface area contributed by atoms with Crippen molar-refractivity contribution in [2.24, 2.45) is 0 Å². The van der Waals surface area contributed by atoms with E-state index in [1.165, 1.54) is 16.7 Å². The second-order valence-electron chi connectivity index (χ2n) is 8.23. The maximum atomic E-state index is 13.7. The smallest absolute Gasteiger partial charge is 0.334 e. The number of ether oxygens (including phenoxy) is 1. The van der Waals surface area contributed by atoms with Crippen LogP contribution in [0.15, 0.2) is 90.2 Å². The number of hydrogen-bond donors (Lipinski definition) is 0. The van der Waals surface area contributed by atoms with Crippen molar-refractivity contribution >= 4 is 22.6 Å². The van der Waals surface area contributed by atoms with E-state index in [0.29, 0.717) is 42.2 Å². The second kappa shape index (κ2) is 8.94. The lowest BCUT2D eigenvalue weighted by atomic mass is 10.2. The van der Waals surface area contributed by atoms with E-state index in [-0.39, 0.29) is 23.2 Å². The van der Waals surface area contributed by atoms with E-state index in [2.05, 4.69) is 6.58 Å². The molecule has 3 aromatic carbocycles. The van der Waals surface area contributed by atoms with Crippen LogP contribution in [0, 0.1) is 10.1 Å². The van der Waals surface area contributed by atoms with E-state index in [4.69, 9.17) is 4.74 Å². The van der Waals surface area contributed by atoms with E-state index in [9.17, 15) is 19.7 Å². The first-order valence-corrected chi connectivity index (χ1v) is 11.1. The molecule has 2 heterocycles. The number of likely N-dealkylation sites (tertiary alicyclic amines) is 1. The molecule has 0 saturated carbocycles. The molecule has 1 atom stereocenters. The lowest BCUT2D eigenvalue weighted by Gasteiger charge is -2.15. The molecule has 1 aliphatic heterocycles. The summed E-state index contributed by atoms with van der Waals surface area (Å²) in [5.74, 6) is 1.04. The van der Waals surface area contributed by atoms with Crippen molar-refractivity contribution in [3.05, 3.63) is 106 Å². The van der Waals surface area contributed by atoms with Crippen molar-refractivity contribution in [1.29, 1.82) is 0 Å². The topological polar surface area (TPSA) is 99.6 Å². The van der Waals surface area contributed by atoms with Crippen LogP contribution in [0.1, 0.15) is 12.5 Å². The van der Waals surface area contributed by atoms with E-state index in [0.717, 1.165) is 0 Å². The predicted octanol–water partition coefficient (Wildman–Crippen LogP) is 4.45. The fourth-order valence-corrected chi connectivity index (χ4v) is 4.56. The van der Waals surface area contributed by atoms with E-state index >= 15 is 0 Å². The Morgan fingerprint density at radius 3 is 2.43 bits per heavy atom. The number of benzene rings is 3. The third-order valence-corrected chi connectivity index (χ3v) is 6.16. The average molecular weight is 470 g/mol. The van der Waals surface area contributed by atoms with Gasteiger partial charge in [0.1, 0.15) is 11.5 Å². The van der Waals surface area contributed by atoms with Gasteiger partial charge >= 0.3 is 5.69 Å². The third-order valence-electron chi connectivity index (χ3n) is 6.16. The molecule has 1 aliphatic rings. The Hall–Kier alpha value is -4.66. The highest BCUT2D eigenvalue weighted by Gasteiger charge is 2.32. The monoisotopic (exact) mass is 470 g/mol. The zero-order valence-electron chi connectivity index (χ0n) is 18.7. The number of fused-ring (bicyclic) bond motifs is 1. The maximum absolute atomic E-state index is 13.7. The highest BCUT2D eigenvalue weighted by atomic mass is 16.6. The molecule has 1 fully saturated rings. The van der Waals surface area contributed by atoms with Gasteiger partial charge in [-0.05, 0) is 55.0 Å². The molecule has 1 unspecified atom stereocenters. The van der Waals surface area contributed by atoms with Gasteiger partial charge in [0.2, 0.25) is 5.91 Å². The van der Waals surface area contributed by atoms with Gasteiger partial charge in [0.15, 0.2) is 5.52 Å². The SMILES string of the molecule is C=CC(=O)N1CCC(n2c(=O)n(-c3ccc(Oc4ccccc4)cc3)c3c([N+](=O)[O-])cccc32)C1. The number of nitro benzene ring substituents is 1. The summed E-state index contributed by atoms with van der Waals surface area (Å²) in [6.07, 6.45) is 1.81. The molecule has 1 saturated heterocycles. The molecule has 35 heavy (non-hydrogen) atoms. The molecule has 5 rings (SSSR count). The van der Waals surface area contributed by atoms with Crippen LogP contribution in [0.25, 0.3) is 16.7 Å². The number of nitrogens with zero attached hydrogens (tertiary/aromatic N) is 4. The van der Waals surface area contributed by atoms with Crippen molar-refractivity contribution in [2.75, 3.05) is 13.1 Å². The molecular weight excluding hydrogens is 448 g/mol. The maximum Gasteiger partial charge on any atom is 0.334 e. The molecule has 0 N–H and O–H groups in total. The van der Waals surface area contributed by atoms with E-state index < -0.39 is 10.6 Å². The molecule has 1 amide bonds. The van der Waals surface area contributed by atoms with Crippen LogP contribution in [-0.4, -0.2) is 38.0 Å². The number of amides is 1. The molecule has 4 aromatic rings. The summed E-state index contributed by atoms with van der Waals surface area (Å²) >= 11 is 0. The van der Waals surface area contributed by atoms with Gasteiger partial charge in [-0.1, -0.05) is 30.8 Å². The quantitative estimate of drug-likeness (QED) is 0.235. The van der Waals surface area contributed by atoms with E-state index in [1.54, 1.807) is 45.9 Å². The Labute approximate surface area is 200 Å². The molecular formula is C26H22N4O5. The van der Waals surface area contributed by atoms with Crippen molar-refractivity contribution < 1.29 is 14.5 Å². The Morgan fingerprint density at radius 1 is 1.03 bits per heavy atom. The second-order valence-corrected chi connectivity index (χ2v) is 8.23. The van der Waals surface area contributed by atoms with Crippen LogP contribution in [-0.2, 0) is 4.79 Å². The fraction of sp³-hybridized carbons (Fsp3) is 0.154.